The van der Waals surface area contributed by atoms with Gasteiger partial charge in [0.05, 0.1) is 11.1 Å². The monoisotopic (exact) mass is 427 g/mol. The van der Waals surface area contributed by atoms with E-state index in [1.54, 1.807) is 27.9 Å². The van der Waals surface area contributed by atoms with Crippen LogP contribution < -0.4 is 10.5 Å². The smallest absolute Gasteiger partial charge is 0.263 e. The van der Waals surface area contributed by atoms with E-state index in [1.165, 1.54) is 22.2 Å². The standard InChI is InChI=1S/C22H25N3O2S2/c1-4-25-21(27)19-16-11-10-14(2)12-17(16)29-20(19)23-22(25)28-13-18(26)24(3)15-8-6-5-7-9-15/h5-9,14H,4,10-13H2,1-3H3. The molecule has 152 valence electrons. The molecule has 1 aliphatic carbocycles. The maximum Gasteiger partial charge on any atom is 0.263 e. The Kier molecular flexibility index (Phi) is 5.79. The van der Waals surface area contributed by atoms with Crippen molar-refractivity contribution in [3.8, 4) is 0 Å². The van der Waals surface area contributed by atoms with Crippen molar-refractivity contribution >= 4 is 44.9 Å². The number of rotatable bonds is 5. The Hall–Kier alpha value is -2.12. The number of amides is 1. The van der Waals surface area contributed by atoms with Gasteiger partial charge in [0.2, 0.25) is 5.91 Å². The first-order chi connectivity index (χ1) is 14.0. The predicted molar refractivity (Wildman–Crippen MR) is 121 cm³/mol. The van der Waals surface area contributed by atoms with E-state index < -0.39 is 0 Å². The van der Waals surface area contributed by atoms with Gasteiger partial charge in [-0.15, -0.1) is 11.3 Å². The molecule has 5 nitrogen and oxygen atoms in total. The van der Waals surface area contributed by atoms with Crippen LogP contribution in [0.15, 0.2) is 40.3 Å². The number of aromatic nitrogens is 2. The molecule has 2 heterocycles. The Morgan fingerprint density at radius 1 is 1.34 bits per heavy atom. The van der Waals surface area contributed by atoms with E-state index in [2.05, 4.69) is 6.92 Å². The Bertz CT molecular complexity index is 1100. The fourth-order valence-electron chi connectivity index (χ4n) is 3.81. The molecule has 1 unspecified atom stereocenters. The fourth-order valence-corrected chi connectivity index (χ4v) is 6.21. The molecule has 1 atom stereocenters. The van der Waals surface area contributed by atoms with Gasteiger partial charge < -0.3 is 4.90 Å². The molecule has 0 radical (unpaired) electrons. The van der Waals surface area contributed by atoms with Crippen LogP contribution in [0.25, 0.3) is 10.2 Å². The van der Waals surface area contributed by atoms with Crippen LogP contribution >= 0.6 is 23.1 Å². The molecule has 1 aliphatic rings. The molecule has 0 saturated carbocycles. The average molecular weight is 428 g/mol. The van der Waals surface area contributed by atoms with Gasteiger partial charge in [-0.3, -0.25) is 14.2 Å². The molecule has 1 aromatic carbocycles. The first-order valence-corrected chi connectivity index (χ1v) is 11.8. The first kappa shape index (κ1) is 20.2. The van der Waals surface area contributed by atoms with Crippen LogP contribution in [-0.4, -0.2) is 28.3 Å². The highest BCUT2D eigenvalue weighted by Gasteiger charge is 2.24. The number of anilines is 1. The number of nitrogens with zero attached hydrogens (tertiary/aromatic N) is 3. The summed E-state index contributed by atoms with van der Waals surface area (Å²) < 4.78 is 1.72. The summed E-state index contributed by atoms with van der Waals surface area (Å²) in [5.74, 6) is 0.882. The summed E-state index contributed by atoms with van der Waals surface area (Å²) in [4.78, 5) is 34.5. The Balaban J connectivity index is 1.62. The molecule has 0 saturated heterocycles. The summed E-state index contributed by atoms with van der Waals surface area (Å²) in [7, 11) is 1.77. The van der Waals surface area contributed by atoms with Gasteiger partial charge in [0.25, 0.3) is 5.56 Å². The second-order valence-electron chi connectivity index (χ2n) is 7.55. The molecule has 0 bridgehead atoms. The van der Waals surface area contributed by atoms with Crippen molar-refractivity contribution in [2.45, 2.75) is 44.8 Å². The van der Waals surface area contributed by atoms with E-state index in [9.17, 15) is 9.59 Å². The van der Waals surface area contributed by atoms with Crippen molar-refractivity contribution in [1.82, 2.24) is 9.55 Å². The van der Waals surface area contributed by atoms with Crippen molar-refractivity contribution in [3.63, 3.8) is 0 Å². The minimum atomic E-state index is -0.0162. The van der Waals surface area contributed by atoms with Crippen molar-refractivity contribution in [3.05, 3.63) is 51.1 Å². The molecule has 2 aromatic heterocycles. The van der Waals surface area contributed by atoms with Crippen molar-refractivity contribution in [2.75, 3.05) is 17.7 Å². The highest BCUT2D eigenvalue weighted by molar-refractivity contribution is 7.99. The van der Waals surface area contributed by atoms with E-state index in [0.717, 1.165) is 35.2 Å². The number of carbonyl (C=O) groups excluding carboxylic acids is 1. The summed E-state index contributed by atoms with van der Waals surface area (Å²) >= 11 is 3.00. The largest absolute Gasteiger partial charge is 0.315 e. The Morgan fingerprint density at radius 2 is 2.10 bits per heavy atom. The van der Waals surface area contributed by atoms with Gasteiger partial charge in [-0.1, -0.05) is 36.9 Å². The number of hydrogen-bond donors (Lipinski definition) is 0. The van der Waals surface area contributed by atoms with Crippen LogP contribution in [0.4, 0.5) is 5.69 Å². The fraction of sp³-hybridized carbons (Fsp3) is 0.409. The van der Waals surface area contributed by atoms with Gasteiger partial charge in [0.1, 0.15) is 4.83 Å². The van der Waals surface area contributed by atoms with E-state index in [1.807, 2.05) is 37.3 Å². The minimum Gasteiger partial charge on any atom is -0.315 e. The number of thioether (sulfide) groups is 1. The maximum absolute atomic E-state index is 13.2. The van der Waals surface area contributed by atoms with Gasteiger partial charge in [0, 0.05) is 24.2 Å². The van der Waals surface area contributed by atoms with Crippen LogP contribution in [0, 0.1) is 5.92 Å². The van der Waals surface area contributed by atoms with Crippen molar-refractivity contribution in [2.24, 2.45) is 5.92 Å². The lowest BCUT2D eigenvalue weighted by atomic mass is 9.89. The number of fused-ring (bicyclic) bond motifs is 3. The van der Waals surface area contributed by atoms with Gasteiger partial charge in [-0.05, 0) is 49.8 Å². The van der Waals surface area contributed by atoms with E-state index in [4.69, 9.17) is 4.98 Å². The average Bonchev–Trinajstić information content (AvgIpc) is 3.09. The molecule has 29 heavy (non-hydrogen) atoms. The van der Waals surface area contributed by atoms with Crippen molar-refractivity contribution < 1.29 is 4.79 Å². The third kappa shape index (κ3) is 3.85. The first-order valence-electron chi connectivity index (χ1n) is 9.99. The molecule has 1 amide bonds. The molecule has 0 fully saturated rings. The molecule has 3 aromatic rings. The minimum absolute atomic E-state index is 0.0162. The highest BCUT2D eigenvalue weighted by atomic mass is 32.2. The summed E-state index contributed by atoms with van der Waals surface area (Å²) in [6, 6.07) is 9.57. The van der Waals surface area contributed by atoms with Crippen LogP contribution in [0.2, 0.25) is 0 Å². The number of thiophene rings is 1. The van der Waals surface area contributed by atoms with Gasteiger partial charge in [0.15, 0.2) is 5.16 Å². The van der Waals surface area contributed by atoms with Crippen LogP contribution in [0.1, 0.15) is 30.7 Å². The Labute approximate surface area is 178 Å². The number of hydrogen-bond acceptors (Lipinski definition) is 5. The molecule has 7 heteroatoms. The third-order valence-corrected chi connectivity index (χ3v) is 7.65. The van der Waals surface area contributed by atoms with E-state index in [-0.39, 0.29) is 17.2 Å². The third-order valence-electron chi connectivity index (χ3n) is 5.54. The van der Waals surface area contributed by atoms with Crippen molar-refractivity contribution in [1.29, 1.82) is 0 Å². The number of para-hydroxylation sites is 1. The molecule has 0 spiro atoms. The summed E-state index contributed by atoms with van der Waals surface area (Å²) in [5.41, 5.74) is 2.10. The number of aryl methyl sites for hydroxylation is 1. The van der Waals surface area contributed by atoms with E-state index in [0.29, 0.717) is 17.6 Å². The number of carbonyl (C=O) groups is 1. The van der Waals surface area contributed by atoms with E-state index >= 15 is 0 Å². The zero-order valence-corrected chi connectivity index (χ0v) is 18.6. The zero-order chi connectivity index (χ0) is 20.5. The van der Waals surface area contributed by atoms with Crippen LogP contribution in [-0.2, 0) is 24.2 Å². The summed E-state index contributed by atoms with van der Waals surface area (Å²) in [6.45, 7) is 4.77. The van der Waals surface area contributed by atoms with Gasteiger partial charge in [-0.2, -0.15) is 0 Å². The topological polar surface area (TPSA) is 55.2 Å². The summed E-state index contributed by atoms with van der Waals surface area (Å²) in [5, 5.41) is 1.43. The number of benzene rings is 1. The molecule has 0 aliphatic heterocycles. The lowest BCUT2D eigenvalue weighted by molar-refractivity contribution is -0.115. The molecular weight excluding hydrogens is 402 g/mol. The Morgan fingerprint density at radius 3 is 2.83 bits per heavy atom. The maximum atomic E-state index is 13.2. The quantitative estimate of drug-likeness (QED) is 0.448. The SMILES string of the molecule is CCn1c(SCC(=O)N(C)c2ccccc2)nc2sc3c(c2c1=O)CCC(C)C3. The van der Waals surface area contributed by atoms with Gasteiger partial charge in [-0.25, -0.2) is 4.98 Å². The predicted octanol–water partition coefficient (Wildman–Crippen LogP) is 4.36. The molecule has 4 rings (SSSR count). The lowest BCUT2D eigenvalue weighted by Crippen LogP contribution is -2.29. The zero-order valence-electron chi connectivity index (χ0n) is 17.0. The second-order valence-corrected chi connectivity index (χ2v) is 9.58. The van der Waals surface area contributed by atoms with Gasteiger partial charge >= 0.3 is 0 Å². The summed E-state index contributed by atoms with van der Waals surface area (Å²) in [6.07, 6.45) is 3.12. The van der Waals surface area contributed by atoms with Crippen LogP contribution in [0.5, 0.6) is 0 Å². The highest BCUT2D eigenvalue weighted by Crippen LogP contribution is 2.36. The van der Waals surface area contributed by atoms with Crippen LogP contribution in [0.3, 0.4) is 0 Å². The normalized spacial score (nSPS) is 16.0. The lowest BCUT2D eigenvalue weighted by Gasteiger charge is -2.18. The second kappa shape index (κ2) is 8.32. The molecule has 0 N–H and O–H groups in total. The molecular formula is C22H25N3O2S2.